The number of hydrogen-bond donors (Lipinski definition) is 3. The highest BCUT2D eigenvalue weighted by molar-refractivity contribution is 9.10. The molecule has 5 aromatic rings. The lowest BCUT2D eigenvalue weighted by Gasteiger charge is -2.09. The van der Waals surface area contributed by atoms with Gasteiger partial charge in [0.1, 0.15) is 15.7 Å². The SMILES string of the molecule is COc1ccc(Nc2nc(N)c(-c3nc(-c4cccc(NC(=O)c5ccc(Br)o5)c4)cs3)s2)cc1OC. The van der Waals surface area contributed by atoms with Crippen molar-refractivity contribution >= 4 is 66.8 Å². The molecular formula is C25H20BrN5O4S2. The molecule has 2 aromatic carbocycles. The monoisotopic (exact) mass is 597 g/mol. The van der Waals surface area contributed by atoms with Crippen molar-refractivity contribution in [1.82, 2.24) is 9.97 Å². The predicted octanol–water partition coefficient (Wildman–Crippen LogP) is 6.88. The molecule has 0 fully saturated rings. The standard InChI is InChI=1S/C25H20BrN5O4S2/c1-33-17-7-6-15(11-19(17)34-2)29-25-31-22(27)21(37-25)24-30-16(12-36-24)13-4-3-5-14(10-13)28-23(32)18-8-9-20(26)35-18/h3-12H,27H2,1-2H3,(H,28,32)(H,29,31). The molecule has 0 saturated heterocycles. The molecule has 0 atom stereocenters. The van der Waals surface area contributed by atoms with Gasteiger partial charge in [-0.25, -0.2) is 9.97 Å². The van der Waals surface area contributed by atoms with Crippen LogP contribution in [0, 0.1) is 0 Å². The Hall–Kier alpha value is -3.87. The Labute approximate surface area is 228 Å². The second-order valence-corrected chi connectivity index (χ2v) is 10.2. The zero-order chi connectivity index (χ0) is 25.9. The number of carbonyl (C=O) groups is 1. The molecule has 0 bridgehead atoms. The number of nitrogens with one attached hydrogen (secondary N) is 2. The molecule has 3 heterocycles. The van der Waals surface area contributed by atoms with Gasteiger partial charge in [-0.1, -0.05) is 23.5 Å². The number of thiazole rings is 2. The van der Waals surface area contributed by atoms with E-state index in [-0.39, 0.29) is 11.7 Å². The van der Waals surface area contributed by atoms with Gasteiger partial charge < -0.3 is 30.3 Å². The molecule has 0 unspecified atom stereocenters. The van der Waals surface area contributed by atoms with Gasteiger partial charge in [-0.15, -0.1) is 11.3 Å². The maximum atomic E-state index is 12.4. The van der Waals surface area contributed by atoms with Crippen LogP contribution in [-0.2, 0) is 0 Å². The number of aromatic nitrogens is 2. The lowest BCUT2D eigenvalue weighted by molar-refractivity contribution is 0.0995. The quantitative estimate of drug-likeness (QED) is 0.177. The van der Waals surface area contributed by atoms with Crippen molar-refractivity contribution in [3.8, 4) is 32.6 Å². The minimum absolute atomic E-state index is 0.214. The summed E-state index contributed by atoms with van der Waals surface area (Å²) in [5.41, 5.74) is 9.27. The van der Waals surface area contributed by atoms with Gasteiger partial charge in [0.2, 0.25) is 0 Å². The zero-order valence-electron chi connectivity index (χ0n) is 19.6. The maximum absolute atomic E-state index is 12.4. The van der Waals surface area contributed by atoms with Crippen molar-refractivity contribution in [2.24, 2.45) is 0 Å². The molecule has 12 heteroatoms. The average molecular weight is 599 g/mol. The second-order valence-electron chi connectivity index (χ2n) is 7.60. The van der Waals surface area contributed by atoms with Crippen molar-refractivity contribution in [1.29, 1.82) is 0 Å². The van der Waals surface area contributed by atoms with Crippen LogP contribution in [-0.4, -0.2) is 30.1 Å². The van der Waals surface area contributed by atoms with E-state index in [9.17, 15) is 4.79 Å². The lowest BCUT2D eigenvalue weighted by Crippen LogP contribution is -2.10. The molecule has 9 nitrogen and oxygen atoms in total. The summed E-state index contributed by atoms with van der Waals surface area (Å²) in [6.07, 6.45) is 0. The molecule has 1 amide bonds. The summed E-state index contributed by atoms with van der Waals surface area (Å²) in [5.74, 6) is 1.51. The smallest absolute Gasteiger partial charge is 0.291 e. The molecule has 37 heavy (non-hydrogen) atoms. The predicted molar refractivity (Wildman–Crippen MR) is 150 cm³/mol. The van der Waals surface area contributed by atoms with Gasteiger partial charge >= 0.3 is 0 Å². The number of hydrogen-bond acceptors (Lipinski definition) is 10. The maximum Gasteiger partial charge on any atom is 0.291 e. The average Bonchev–Trinajstić information content (AvgIpc) is 3.64. The van der Waals surface area contributed by atoms with Crippen LogP contribution >= 0.6 is 38.6 Å². The Bertz CT molecular complexity index is 1580. The Morgan fingerprint density at radius 2 is 1.86 bits per heavy atom. The fraction of sp³-hybridized carbons (Fsp3) is 0.0800. The van der Waals surface area contributed by atoms with Crippen LogP contribution in [0.3, 0.4) is 0 Å². The van der Waals surface area contributed by atoms with E-state index in [0.29, 0.717) is 32.8 Å². The molecule has 0 saturated carbocycles. The normalized spacial score (nSPS) is 10.8. The highest BCUT2D eigenvalue weighted by Crippen LogP contribution is 2.40. The van der Waals surface area contributed by atoms with Crippen molar-refractivity contribution < 1.29 is 18.7 Å². The van der Waals surface area contributed by atoms with Crippen LogP contribution < -0.4 is 25.8 Å². The van der Waals surface area contributed by atoms with Gasteiger partial charge in [0.25, 0.3) is 5.91 Å². The summed E-state index contributed by atoms with van der Waals surface area (Å²) >= 11 is 6.08. The van der Waals surface area contributed by atoms with Gasteiger partial charge in [-0.05, 0) is 52.3 Å². The topological polar surface area (TPSA) is 125 Å². The number of nitrogens with two attached hydrogens (primary N) is 1. The van der Waals surface area contributed by atoms with Gasteiger partial charge in [-0.2, -0.15) is 0 Å². The van der Waals surface area contributed by atoms with Crippen molar-refractivity contribution in [3.63, 3.8) is 0 Å². The number of carbonyl (C=O) groups excluding carboxylic acids is 1. The number of rotatable bonds is 8. The largest absolute Gasteiger partial charge is 0.493 e. The number of nitrogen functional groups attached to an aromatic ring is 1. The number of nitrogens with zero attached hydrogens (tertiary/aromatic N) is 2. The third-order valence-electron chi connectivity index (χ3n) is 5.20. The summed E-state index contributed by atoms with van der Waals surface area (Å²) in [7, 11) is 3.18. The lowest BCUT2D eigenvalue weighted by atomic mass is 10.1. The summed E-state index contributed by atoms with van der Waals surface area (Å²) in [4.78, 5) is 22.4. The van der Waals surface area contributed by atoms with Crippen LogP contribution in [0.25, 0.3) is 21.1 Å². The van der Waals surface area contributed by atoms with E-state index in [0.717, 1.165) is 26.8 Å². The molecule has 0 aliphatic carbocycles. The highest BCUT2D eigenvalue weighted by atomic mass is 79.9. The third kappa shape index (κ3) is 5.45. The molecular weight excluding hydrogens is 578 g/mol. The van der Waals surface area contributed by atoms with E-state index in [1.54, 1.807) is 32.4 Å². The number of ether oxygens (including phenoxy) is 2. The molecule has 188 valence electrons. The van der Waals surface area contributed by atoms with Gasteiger partial charge in [0.15, 0.2) is 27.1 Å². The van der Waals surface area contributed by atoms with Crippen LogP contribution in [0.2, 0.25) is 0 Å². The van der Waals surface area contributed by atoms with Gasteiger partial charge in [-0.3, -0.25) is 4.79 Å². The van der Waals surface area contributed by atoms with Gasteiger partial charge in [0, 0.05) is 28.4 Å². The molecule has 3 aromatic heterocycles. The number of benzene rings is 2. The minimum Gasteiger partial charge on any atom is -0.493 e. The van der Waals surface area contributed by atoms with Crippen molar-refractivity contribution in [2.75, 3.05) is 30.6 Å². The third-order valence-corrected chi connectivity index (χ3v) is 7.61. The minimum atomic E-state index is -0.339. The highest BCUT2D eigenvalue weighted by Gasteiger charge is 2.17. The van der Waals surface area contributed by atoms with Crippen LogP contribution in [0.1, 0.15) is 10.6 Å². The van der Waals surface area contributed by atoms with E-state index in [2.05, 4.69) is 31.5 Å². The van der Waals surface area contributed by atoms with Crippen molar-refractivity contribution in [3.05, 3.63) is 70.4 Å². The molecule has 0 aliphatic heterocycles. The summed E-state index contributed by atoms with van der Waals surface area (Å²) in [5, 5.41) is 9.42. The van der Waals surface area contributed by atoms with E-state index in [1.807, 2.05) is 41.8 Å². The Balaban J connectivity index is 1.33. The molecule has 0 aliphatic rings. The van der Waals surface area contributed by atoms with E-state index < -0.39 is 0 Å². The second kappa shape index (κ2) is 10.6. The van der Waals surface area contributed by atoms with Crippen molar-refractivity contribution in [2.45, 2.75) is 0 Å². The van der Waals surface area contributed by atoms with E-state index in [1.165, 1.54) is 22.7 Å². The molecule has 0 radical (unpaired) electrons. The summed E-state index contributed by atoms with van der Waals surface area (Å²) < 4.78 is 16.5. The number of anilines is 4. The van der Waals surface area contributed by atoms with E-state index >= 15 is 0 Å². The number of amides is 1. The first-order valence-corrected chi connectivity index (χ1v) is 13.3. The first-order valence-electron chi connectivity index (χ1n) is 10.8. The number of halogens is 1. The first-order chi connectivity index (χ1) is 17.9. The van der Waals surface area contributed by atoms with Crippen LogP contribution in [0.15, 0.2) is 69.1 Å². The Morgan fingerprint density at radius 3 is 2.62 bits per heavy atom. The first kappa shape index (κ1) is 24.8. The fourth-order valence-electron chi connectivity index (χ4n) is 3.47. The Morgan fingerprint density at radius 1 is 1.03 bits per heavy atom. The zero-order valence-corrected chi connectivity index (χ0v) is 22.8. The van der Waals surface area contributed by atoms with Crippen LogP contribution in [0.4, 0.5) is 22.3 Å². The molecule has 5 rings (SSSR count). The molecule has 4 N–H and O–H groups in total. The van der Waals surface area contributed by atoms with Crippen LogP contribution in [0.5, 0.6) is 11.5 Å². The van der Waals surface area contributed by atoms with Gasteiger partial charge in [0.05, 0.1) is 19.9 Å². The number of furan rings is 1. The number of methoxy groups -OCH3 is 2. The summed E-state index contributed by atoms with van der Waals surface area (Å²) in [6, 6.07) is 16.2. The fourth-order valence-corrected chi connectivity index (χ4v) is 5.61. The summed E-state index contributed by atoms with van der Waals surface area (Å²) in [6.45, 7) is 0. The Kier molecular flexibility index (Phi) is 7.12. The van der Waals surface area contributed by atoms with E-state index in [4.69, 9.17) is 24.6 Å². The molecule has 0 spiro atoms.